The lowest BCUT2D eigenvalue weighted by Gasteiger charge is -2.25. The van der Waals surface area contributed by atoms with Crippen LogP contribution in [0.25, 0.3) is 5.76 Å². The highest BCUT2D eigenvalue weighted by atomic mass is 35.5. The summed E-state index contributed by atoms with van der Waals surface area (Å²) in [5, 5.41) is 11.6. The van der Waals surface area contributed by atoms with Crippen LogP contribution in [-0.4, -0.2) is 31.0 Å². The molecule has 0 saturated carbocycles. The van der Waals surface area contributed by atoms with Gasteiger partial charge in [0.1, 0.15) is 17.3 Å². The average molecular weight is 450 g/mol. The summed E-state index contributed by atoms with van der Waals surface area (Å²) in [6.07, 6.45) is 0. The molecule has 3 aromatic carbocycles. The van der Waals surface area contributed by atoms with Crippen LogP contribution in [0.4, 0.5) is 5.69 Å². The van der Waals surface area contributed by atoms with Crippen LogP contribution < -0.4 is 14.4 Å². The number of methoxy groups -OCH3 is 2. The van der Waals surface area contributed by atoms with Crippen LogP contribution in [0.3, 0.4) is 0 Å². The van der Waals surface area contributed by atoms with E-state index in [0.717, 1.165) is 0 Å². The lowest BCUT2D eigenvalue weighted by Crippen LogP contribution is -2.29. The molecule has 0 bridgehead atoms. The van der Waals surface area contributed by atoms with Gasteiger partial charge < -0.3 is 14.6 Å². The van der Waals surface area contributed by atoms with Crippen molar-refractivity contribution in [3.63, 3.8) is 0 Å². The van der Waals surface area contributed by atoms with Crippen molar-refractivity contribution in [1.82, 2.24) is 0 Å². The van der Waals surface area contributed by atoms with E-state index in [1.165, 1.54) is 4.90 Å². The predicted molar refractivity (Wildman–Crippen MR) is 122 cm³/mol. The van der Waals surface area contributed by atoms with Gasteiger partial charge in [-0.1, -0.05) is 23.7 Å². The molecule has 1 amide bonds. The van der Waals surface area contributed by atoms with Gasteiger partial charge in [-0.05, 0) is 66.2 Å². The van der Waals surface area contributed by atoms with E-state index < -0.39 is 17.7 Å². The number of hydrogen-bond acceptors (Lipinski definition) is 5. The fourth-order valence-electron chi connectivity index (χ4n) is 3.71. The normalized spacial score (nSPS) is 17.5. The highest BCUT2D eigenvalue weighted by Gasteiger charge is 2.46. The molecule has 1 aliphatic heterocycles. The molecule has 1 N–H and O–H groups in total. The van der Waals surface area contributed by atoms with Gasteiger partial charge in [0.2, 0.25) is 0 Å². The minimum atomic E-state index is -0.829. The number of aliphatic hydroxyl groups is 1. The molecule has 7 heteroatoms. The monoisotopic (exact) mass is 449 g/mol. The van der Waals surface area contributed by atoms with Crippen molar-refractivity contribution in [2.24, 2.45) is 0 Å². The lowest BCUT2D eigenvalue weighted by molar-refractivity contribution is -0.132. The number of carbonyl (C=O) groups is 2. The molecule has 1 fully saturated rings. The molecule has 1 unspecified atom stereocenters. The minimum Gasteiger partial charge on any atom is -0.507 e. The Morgan fingerprint density at radius 3 is 1.91 bits per heavy atom. The second-order valence-corrected chi connectivity index (χ2v) is 7.58. The van der Waals surface area contributed by atoms with E-state index in [4.69, 9.17) is 21.1 Å². The van der Waals surface area contributed by atoms with Gasteiger partial charge in [-0.2, -0.15) is 0 Å². The number of rotatable bonds is 5. The third-order valence-electron chi connectivity index (χ3n) is 5.34. The lowest BCUT2D eigenvalue weighted by atomic mass is 9.95. The quantitative estimate of drug-likeness (QED) is 0.337. The van der Waals surface area contributed by atoms with Crippen molar-refractivity contribution < 1.29 is 24.2 Å². The van der Waals surface area contributed by atoms with E-state index in [0.29, 0.717) is 33.3 Å². The summed E-state index contributed by atoms with van der Waals surface area (Å²) in [6.45, 7) is 0. The molecule has 4 rings (SSSR count). The molecule has 162 valence electrons. The van der Waals surface area contributed by atoms with Crippen molar-refractivity contribution in [2.75, 3.05) is 19.1 Å². The van der Waals surface area contributed by atoms with Gasteiger partial charge in [0.05, 0.1) is 25.8 Å². The molecule has 6 nitrogen and oxygen atoms in total. The molecule has 0 spiro atoms. The van der Waals surface area contributed by atoms with Crippen LogP contribution in [0.2, 0.25) is 5.02 Å². The zero-order valence-electron chi connectivity index (χ0n) is 17.4. The van der Waals surface area contributed by atoms with E-state index in [1.807, 2.05) is 0 Å². The van der Waals surface area contributed by atoms with E-state index in [-0.39, 0.29) is 11.3 Å². The maximum atomic E-state index is 13.1. The summed E-state index contributed by atoms with van der Waals surface area (Å²) >= 11 is 5.96. The first-order chi connectivity index (χ1) is 15.4. The molecule has 32 heavy (non-hydrogen) atoms. The van der Waals surface area contributed by atoms with Crippen LogP contribution in [0.5, 0.6) is 11.5 Å². The van der Waals surface area contributed by atoms with Gasteiger partial charge in [0.15, 0.2) is 0 Å². The van der Waals surface area contributed by atoms with Gasteiger partial charge in [-0.25, -0.2) is 0 Å². The number of halogens is 1. The largest absolute Gasteiger partial charge is 0.507 e. The Bertz CT molecular complexity index is 1180. The van der Waals surface area contributed by atoms with Crippen molar-refractivity contribution in [1.29, 1.82) is 0 Å². The molecular formula is C25H20ClNO5. The molecule has 1 atom stereocenters. The number of nitrogens with zero attached hydrogens (tertiary/aromatic N) is 1. The van der Waals surface area contributed by atoms with Crippen LogP contribution in [0, 0.1) is 0 Å². The first-order valence-corrected chi connectivity index (χ1v) is 10.2. The second kappa shape index (κ2) is 8.77. The molecule has 0 radical (unpaired) electrons. The van der Waals surface area contributed by atoms with E-state index in [2.05, 4.69) is 0 Å². The molecule has 0 aromatic heterocycles. The number of ketones is 1. The number of hydrogen-bond donors (Lipinski definition) is 1. The van der Waals surface area contributed by atoms with Gasteiger partial charge in [-0.15, -0.1) is 0 Å². The zero-order valence-corrected chi connectivity index (χ0v) is 18.2. The average Bonchev–Trinajstić information content (AvgIpc) is 3.09. The third kappa shape index (κ3) is 3.81. The van der Waals surface area contributed by atoms with Crippen LogP contribution in [0.1, 0.15) is 17.2 Å². The Morgan fingerprint density at radius 2 is 1.38 bits per heavy atom. The van der Waals surface area contributed by atoms with Crippen molar-refractivity contribution in [3.05, 3.63) is 94.5 Å². The predicted octanol–water partition coefficient (Wildman–Crippen LogP) is 4.98. The number of amides is 1. The number of anilines is 1. The Hall–Kier alpha value is -3.77. The molecular weight excluding hydrogens is 430 g/mol. The summed E-state index contributed by atoms with van der Waals surface area (Å²) in [6, 6.07) is 19.4. The molecule has 0 aliphatic carbocycles. The number of aliphatic hydroxyl groups excluding tert-OH is 1. The molecule has 1 heterocycles. The zero-order chi connectivity index (χ0) is 22.8. The summed E-state index contributed by atoms with van der Waals surface area (Å²) < 4.78 is 10.4. The Balaban J connectivity index is 1.90. The number of benzene rings is 3. The molecule has 1 saturated heterocycles. The second-order valence-electron chi connectivity index (χ2n) is 7.15. The van der Waals surface area contributed by atoms with Crippen molar-refractivity contribution in [2.45, 2.75) is 6.04 Å². The molecule has 3 aromatic rings. The third-order valence-corrected chi connectivity index (χ3v) is 5.60. The van der Waals surface area contributed by atoms with Crippen LogP contribution in [0.15, 0.2) is 78.4 Å². The summed E-state index contributed by atoms with van der Waals surface area (Å²) in [7, 11) is 3.10. The van der Waals surface area contributed by atoms with Crippen LogP contribution in [-0.2, 0) is 9.59 Å². The maximum absolute atomic E-state index is 13.1. The van der Waals surface area contributed by atoms with E-state index in [1.54, 1.807) is 87.0 Å². The van der Waals surface area contributed by atoms with E-state index in [9.17, 15) is 14.7 Å². The maximum Gasteiger partial charge on any atom is 0.300 e. The van der Waals surface area contributed by atoms with Crippen molar-refractivity contribution in [3.8, 4) is 11.5 Å². The van der Waals surface area contributed by atoms with Crippen LogP contribution >= 0.6 is 11.6 Å². The van der Waals surface area contributed by atoms with Gasteiger partial charge >= 0.3 is 0 Å². The van der Waals surface area contributed by atoms with Gasteiger partial charge in [0.25, 0.3) is 11.7 Å². The molecule has 1 aliphatic rings. The standard InChI is InChI=1S/C25H20ClNO5/c1-31-19-11-5-15(6-12-19)22-21(23(28)16-3-7-17(26)8-4-16)24(29)25(30)27(22)18-9-13-20(32-2)14-10-18/h3-14,22,28H,1-2H3. The Labute approximate surface area is 190 Å². The van der Waals surface area contributed by atoms with E-state index >= 15 is 0 Å². The fourth-order valence-corrected chi connectivity index (χ4v) is 3.83. The highest BCUT2D eigenvalue weighted by molar-refractivity contribution is 6.51. The SMILES string of the molecule is COc1ccc(C2C(=C(O)c3ccc(Cl)cc3)C(=O)C(=O)N2c2ccc(OC)cc2)cc1. The summed E-state index contributed by atoms with van der Waals surface area (Å²) in [4.78, 5) is 27.6. The van der Waals surface area contributed by atoms with Crippen molar-refractivity contribution >= 4 is 34.7 Å². The first-order valence-electron chi connectivity index (χ1n) is 9.79. The van der Waals surface area contributed by atoms with Gasteiger partial charge in [0, 0.05) is 16.3 Å². The highest BCUT2D eigenvalue weighted by Crippen LogP contribution is 2.42. The number of Topliss-reactive ketones (excluding diaryl/α,β-unsaturated/α-hetero) is 1. The minimum absolute atomic E-state index is 0.00157. The Morgan fingerprint density at radius 1 is 0.844 bits per heavy atom. The number of ether oxygens (including phenoxy) is 2. The summed E-state index contributed by atoms with van der Waals surface area (Å²) in [5.74, 6) is -0.516. The fraction of sp³-hybridized carbons (Fsp3) is 0.120. The first kappa shape index (κ1) is 21.5. The number of carbonyl (C=O) groups excluding carboxylic acids is 2. The topological polar surface area (TPSA) is 76.1 Å². The Kier molecular flexibility index (Phi) is 5.88. The van der Waals surface area contributed by atoms with Gasteiger partial charge in [-0.3, -0.25) is 14.5 Å². The smallest absolute Gasteiger partial charge is 0.300 e. The summed E-state index contributed by atoms with van der Waals surface area (Å²) in [5.41, 5.74) is 1.54.